The van der Waals surface area contributed by atoms with Crippen molar-refractivity contribution < 1.29 is 4.74 Å². The highest BCUT2D eigenvalue weighted by atomic mass is 16.5. The van der Waals surface area contributed by atoms with Crippen LogP contribution < -0.4 is 15.0 Å². The smallest absolute Gasteiger partial charge is 0.144 e. The number of rotatable bonds is 5. The van der Waals surface area contributed by atoms with Gasteiger partial charge in [0, 0.05) is 19.6 Å². The maximum Gasteiger partial charge on any atom is 0.144 e. The lowest BCUT2D eigenvalue weighted by molar-refractivity contribution is 0.318. The maximum atomic E-state index is 5.83. The molecule has 1 aromatic carbocycles. The molecule has 1 heterocycles. The number of para-hydroxylation sites is 1. The molecule has 1 aromatic rings. The second kappa shape index (κ2) is 5.09. The second-order valence-electron chi connectivity index (χ2n) is 5.31. The van der Waals surface area contributed by atoms with Crippen LogP contribution in [0.5, 0.6) is 5.75 Å². The van der Waals surface area contributed by atoms with Crippen LogP contribution in [0.2, 0.25) is 0 Å². The molecule has 0 unspecified atom stereocenters. The van der Waals surface area contributed by atoms with Gasteiger partial charge in [0.05, 0.1) is 12.3 Å². The third-order valence-electron chi connectivity index (χ3n) is 3.67. The van der Waals surface area contributed by atoms with Crippen LogP contribution in [-0.4, -0.2) is 26.2 Å². The van der Waals surface area contributed by atoms with E-state index in [1.165, 1.54) is 30.8 Å². The minimum Gasteiger partial charge on any atom is -0.491 e. The van der Waals surface area contributed by atoms with Gasteiger partial charge in [-0.25, -0.2) is 0 Å². The maximum absolute atomic E-state index is 5.83. The fourth-order valence-electron chi connectivity index (χ4n) is 2.53. The second-order valence-corrected chi connectivity index (χ2v) is 5.31. The van der Waals surface area contributed by atoms with Crippen molar-refractivity contribution in [2.45, 2.75) is 26.2 Å². The molecule has 0 spiro atoms. The van der Waals surface area contributed by atoms with E-state index in [9.17, 15) is 0 Å². The summed E-state index contributed by atoms with van der Waals surface area (Å²) in [5.41, 5.74) is 2.51. The Morgan fingerprint density at radius 3 is 3.06 bits per heavy atom. The van der Waals surface area contributed by atoms with Crippen LogP contribution in [-0.2, 0) is 0 Å². The summed E-state index contributed by atoms with van der Waals surface area (Å²) in [6, 6.07) is 6.39. The first kappa shape index (κ1) is 11.7. The Morgan fingerprint density at radius 1 is 1.39 bits per heavy atom. The predicted octanol–water partition coefficient (Wildman–Crippen LogP) is 3.12. The van der Waals surface area contributed by atoms with Crippen molar-refractivity contribution in [1.29, 1.82) is 0 Å². The topological polar surface area (TPSA) is 24.5 Å². The average Bonchev–Trinajstić information content (AvgIpc) is 3.21. The number of nitrogens with one attached hydrogen (secondary N) is 1. The Balaban J connectivity index is 1.82. The van der Waals surface area contributed by atoms with Crippen LogP contribution in [0.25, 0.3) is 0 Å². The third kappa shape index (κ3) is 2.40. The van der Waals surface area contributed by atoms with Crippen LogP contribution in [0.3, 0.4) is 0 Å². The fourth-order valence-corrected chi connectivity index (χ4v) is 2.53. The molecule has 0 bridgehead atoms. The minimum atomic E-state index is 0.792. The molecule has 1 fully saturated rings. The summed E-state index contributed by atoms with van der Waals surface area (Å²) in [6.45, 7) is 6.28. The summed E-state index contributed by atoms with van der Waals surface area (Å²) < 4.78 is 5.83. The van der Waals surface area contributed by atoms with Crippen molar-refractivity contribution in [2.24, 2.45) is 5.92 Å². The number of anilines is 2. The molecule has 3 nitrogen and oxygen atoms in total. The molecule has 0 amide bonds. The number of benzene rings is 1. The number of fused-ring (bicyclic) bond motifs is 1. The predicted molar refractivity (Wildman–Crippen MR) is 75.7 cm³/mol. The van der Waals surface area contributed by atoms with E-state index in [0.717, 1.165) is 37.8 Å². The monoisotopic (exact) mass is 246 g/mol. The molecule has 0 atom stereocenters. The van der Waals surface area contributed by atoms with E-state index in [0.29, 0.717) is 0 Å². The summed E-state index contributed by atoms with van der Waals surface area (Å²) in [6.07, 6.45) is 3.87. The van der Waals surface area contributed by atoms with Gasteiger partial charge in [-0.15, -0.1) is 0 Å². The number of hydrogen-bond acceptors (Lipinski definition) is 3. The van der Waals surface area contributed by atoms with Crippen LogP contribution in [0.15, 0.2) is 18.2 Å². The van der Waals surface area contributed by atoms with Gasteiger partial charge in [-0.3, -0.25) is 0 Å². The van der Waals surface area contributed by atoms with Crippen LogP contribution in [0.1, 0.15) is 26.2 Å². The molecule has 1 N–H and O–H groups in total. The molecular weight excluding hydrogens is 224 g/mol. The normalized spacial score (nSPS) is 18.2. The Labute approximate surface area is 109 Å². The van der Waals surface area contributed by atoms with Crippen molar-refractivity contribution in [3.8, 4) is 5.75 Å². The fraction of sp³-hybridized carbons (Fsp3) is 0.600. The lowest BCUT2D eigenvalue weighted by Gasteiger charge is -2.33. The zero-order chi connectivity index (χ0) is 12.4. The largest absolute Gasteiger partial charge is 0.491 e. The van der Waals surface area contributed by atoms with Crippen molar-refractivity contribution in [3.63, 3.8) is 0 Å². The lowest BCUT2D eigenvalue weighted by Crippen LogP contribution is -2.35. The van der Waals surface area contributed by atoms with E-state index < -0.39 is 0 Å². The first-order valence-electron chi connectivity index (χ1n) is 7.13. The van der Waals surface area contributed by atoms with Gasteiger partial charge in [0.2, 0.25) is 0 Å². The van der Waals surface area contributed by atoms with E-state index >= 15 is 0 Å². The van der Waals surface area contributed by atoms with Crippen molar-refractivity contribution in [3.05, 3.63) is 18.2 Å². The summed E-state index contributed by atoms with van der Waals surface area (Å²) in [4.78, 5) is 2.52. The number of nitrogens with zero attached hydrogens (tertiary/aromatic N) is 1. The third-order valence-corrected chi connectivity index (χ3v) is 3.67. The van der Waals surface area contributed by atoms with Crippen molar-refractivity contribution >= 4 is 11.4 Å². The molecule has 0 saturated heterocycles. The Kier molecular flexibility index (Phi) is 3.31. The highest BCUT2D eigenvalue weighted by Crippen LogP contribution is 2.39. The van der Waals surface area contributed by atoms with Gasteiger partial charge >= 0.3 is 0 Å². The van der Waals surface area contributed by atoms with Gasteiger partial charge < -0.3 is 15.0 Å². The zero-order valence-electron chi connectivity index (χ0n) is 11.1. The van der Waals surface area contributed by atoms with Gasteiger partial charge in [0.1, 0.15) is 11.4 Å². The Morgan fingerprint density at radius 2 is 2.28 bits per heavy atom. The lowest BCUT2D eigenvalue weighted by atomic mass is 10.1. The Bertz CT molecular complexity index is 415. The first-order chi connectivity index (χ1) is 8.88. The van der Waals surface area contributed by atoms with Gasteiger partial charge in [-0.2, -0.15) is 0 Å². The molecule has 98 valence electrons. The number of hydrogen-bond donors (Lipinski definition) is 1. The molecular formula is C15H22N2O. The zero-order valence-corrected chi connectivity index (χ0v) is 11.1. The Hall–Kier alpha value is -1.38. The van der Waals surface area contributed by atoms with E-state index in [-0.39, 0.29) is 0 Å². The van der Waals surface area contributed by atoms with E-state index in [2.05, 4.69) is 35.3 Å². The average molecular weight is 246 g/mol. The summed E-state index contributed by atoms with van der Waals surface area (Å²) >= 11 is 0. The summed E-state index contributed by atoms with van der Waals surface area (Å²) in [5.74, 6) is 1.94. The highest BCUT2D eigenvalue weighted by molar-refractivity contribution is 5.78. The van der Waals surface area contributed by atoms with E-state index in [4.69, 9.17) is 4.74 Å². The highest BCUT2D eigenvalue weighted by Gasteiger charge is 2.27. The molecule has 0 radical (unpaired) electrons. The molecule has 0 aromatic heterocycles. The van der Waals surface area contributed by atoms with Crippen LogP contribution >= 0.6 is 0 Å². The summed E-state index contributed by atoms with van der Waals surface area (Å²) in [5, 5.41) is 3.50. The molecule has 3 rings (SSSR count). The molecule has 1 aliphatic carbocycles. The molecule has 3 heteroatoms. The van der Waals surface area contributed by atoms with Crippen LogP contribution in [0, 0.1) is 5.92 Å². The van der Waals surface area contributed by atoms with Gasteiger partial charge in [-0.05, 0) is 37.3 Å². The first-order valence-corrected chi connectivity index (χ1v) is 7.13. The van der Waals surface area contributed by atoms with Gasteiger partial charge in [0.25, 0.3) is 0 Å². The van der Waals surface area contributed by atoms with Crippen molar-refractivity contribution in [1.82, 2.24) is 0 Å². The van der Waals surface area contributed by atoms with Gasteiger partial charge in [0.15, 0.2) is 0 Å². The molecule has 18 heavy (non-hydrogen) atoms. The van der Waals surface area contributed by atoms with E-state index in [1.807, 2.05) is 0 Å². The molecule has 1 saturated carbocycles. The minimum absolute atomic E-state index is 0.792. The molecule has 2 aliphatic rings. The van der Waals surface area contributed by atoms with Crippen molar-refractivity contribution in [2.75, 3.05) is 36.5 Å². The number of ether oxygens (including phenoxy) is 1. The van der Waals surface area contributed by atoms with E-state index in [1.54, 1.807) is 0 Å². The SMILES string of the molecule is CCCOc1cccc2c1NCCN2CC1CC1. The summed E-state index contributed by atoms with van der Waals surface area (Å²) in [7, 11) is 0. The molecule has 1 aliphatic heterocycles. The van der Waals surface area contributed by atoms with Crippen LogP contribution in [0.4, 0.5) is 11.4 Å². The van der Waals surface area contributed by atoms with Gasteiger partial charge in [-0.1, -0.05) is 13.0 Å². The quantitative estimate of drug-likeness (QED) is 0.864. The standard InChI is InChI=1S/C15H22N2O/c1-2-10-18-14-5-3-4-13-15(14)16-8-9-17(13)11-12-6-7-12/h3-5,12,16H,2,6-11H2,1H3.